The van der Waals surface area contributed by atoms with Crippen LogP contribution in [0.4, 0.5) is 5.69 Å². The molecule has 2 aliphatic heterocycles. The van der Waals surface area contributed by atoms with Gasteiger partial charge in [0, 0.05) is 56.9 Å². The zero-order valence-electron chi connectivity index (χ0n) is 19.8. The molecule has 2 aliphatic rings. The Kier molecular flexibility index (Phi) is 8.14. The number of fused-ring (bicyclic) bond motifs is 1. The molecule has 1 saturated heterocycles. The number of likely N-dealkylation sites (tertiary alicyclic amines) is 1. The Morgan fingerprint density at radius 2 is 1.92 bits per heavy atom. The van der Waals surface area contributed by atoms with Gasteiger partial charge in [-0.05, 0) is 29.8 Å². The smallest absolute Gasteiger partial charge is 0.341 e. The molecule has 0 radical (unpaired) electrons. The molecule has 1 atom stereocenters. The van der Waals surface area contributed by atoms with Gasteiger partial charge in [0.05, 0.1) is 10.7 Å². The minimum absolute atomic E-state index is 0.0470. The minimum atomic E-state index is -1.16. The largest absolute Gasteiger partial charge is 0.489 e. The quantitative estimate of drug-likeness (QED) is 0.443. The molecule has 194 valence electrons. The van der Waals surface area contributed by atoms with Crippen LogP contribution in [-0.4, -0.2) is 71.5 Å². The van der Waals surface area contributed by atoms with Crippen LogP contribution in [0.15, 0.2) is 30.3 Å². The van der Waals surface area contributed by atoms with E-state index in [1.807, 2.05) is 18.2 Å². The number of carbonyl (C=O) groups excluding carboxylic acids is 1. The van der Waals surface area contributed by atoms with Crippen molar-refractivity contribution in [3.8, 4) is 17.2 Å². The number of carboxylic acids is 1. The van der Waals surface area contributed by atoms with Gasteiger partial charge in [0.25, 0.3) is 0 Å². The maximum Gasteiger partial charge on any atom is 0.341 e. The van der Waals surface area contributed by atoms with Gasteiger partial charge < -0.3 is 34.6 Å². The first-order valence-corrected chi connectivity index (χ1v) is 12.3. The summed E-state index contributed by atoms with van der Waals surface area (Å²) in [6.45, 7) is 2.65. The highest BCUT2D eigenvalue weighted by molar-refractivity contribution is 6.32. The molecule has 2 aromatic rings. The summed E-state index contributed by atoms with van der Waals surface area (Å²) in [5, 5.41) is 22.9. The zero-order valence-corrected chi connectivity index (χ0v) is 21.3. The number of nitrogens with zero attached hydrogens (tertiary/aromatic N) is 1. The summed E-state index contributed by atoms with van der Waals surface area (Å²) in [6.07, 6.45) is 1.70. The third kappa shape index (κ3) is 6.53. The average molecular weight is 539 g/mol. The van der Waals surface area contributed by atoms with Crippen molar-refractivity contribution in [3.63, 3.8) is 0 Å². The third-order valence-corrected chi connectivity index (χ3v) is 6.76. The van der Waals surface area contributed by atoms with Crippen molar-refractivity contribution < 1.29 is 34.0 Å². The molecule has 0 aromatic heterocycles. The number of rotatable bonds is 9. The molecule has 3 N–H and O–H groups in total. The second-order valence-corrected chi connectivity index (χ2v) is 9.97. The first-order chi connectivity index (χ1) is 17.1. The number of ether oxygens (including phenoxy) is 3. The van der Waals surface area contributed by atoms with E-state index < -0.39 is 18.7 Å². The van der Waals surface area contributed by atoms with Crippen molar-refractivity contribution in [3.05, 3.63) is 45.9 Å². The van der Waals surface area contributed by atoms with Crippen molar-refractivity contribution in [1.82, 2.24) is 4.90 Å². The van der Waals surface area contributed by atoms with Gasteiger partial charge in [-0.1, -0.05) is 23.2 Å². The van der Waals surface area contributed by atoms with E-state index in [0.29, 0.717) is 17.3 Å². The molecular formula is C25H28Cl2N2O7. The SMILES string of the molecule is CC(=O)Nc1cc(Cl)c(OCC(=O)O)cc1OC[C@@H](O)CN1CCC2(CC1)Cc1cc(Cl)ccc1O2. The number of β-amino-alcohol motifs (C(OH)–C–C–N with tert-alkyl or cyclic N) is 1. The summed E-state index contributed by atoms with van der Waals surface area (Å²) in [5.41, 5.74) is 1.20. The topological polar surface area (TPSA) is 118 Å². The highest BCUT2D eigenvalue weighted by Gasteiger charge is 2.42. The first kappa shape index (κ1) is 26.3. The fourth-order valence-electron chi connectivity index (χ4n) is 4.55. The molecule has 0 aliphatic carbocycles. The number of piperidine rings is 1. The molecule has 36 heavy (non-hydrogen) atoms. The van der Waals surface area contributed by atoms with Crippen LogP contribution in [0.25, 0.3) is 0 Å². The lowest BCUT2D eigenvalue weighted by Gasteiger charge is -2.39. The van der Waals surface area contributed by atoms with Gasteiger partial charge in [0.15, 0.2) is 6.61 Å². The Labute approximate surface area is 218 Å². The number of aliphatic hydroxyl groups excluding tert-OH is 1. The lowest BCUT2D eigenvalue weighted by Crippen LogP contribution is -2.49. The van der Waals surface area contributed by atoms with E-state index in [0.717, 1.165) is 43.7 Å². The Balaban J connectivity index is 1.32. The number of anilines is 1. The van der Waals surface area contributed by atoms with E-state index in [-0.39, 0.29) is 34.6 Å². The minimum Gasteiger partial charge on any atom is -0.489 e. The lowest BCUT2D eigenvalue weighted by atomic mass is 9.87. The van der Waals surface area contributed by atoms with Crippen molar-refractivity contribution >= 4 is 40.8 Å². The van der Waals surface area contributed by atoms with Crippen molar-refractivity contribution in [1.29, 1.82) is 0 Å². The summed E-state index contributed by atoms with van der Waals surface area (Å²) < 4.78 is 17.2. The molecule has 4 rings (SSSR count). The van der Waals surface area contributed by atoms with E-state index in [2.05, 4.69) is 10.2 Å². The van der Waals surface area contributed by atoms with Gasteiger partial charge in [0.1, 0.15) is 35.6 Å². The zero-order chi connectivity index (χ0) is 25.9. The standard InChI is InChI=1S/C25H28Cl2N2O7/c1-15(30)28-20-9-19(27)22(35-14-24(32)33)10-23(20)34-13-18(31)12-29-6-4-25(5-7-29)11-16-8-17(26)2-3-21(16)36-25/h2-3,8-10,18,31H,4-7,11-14H2,1H3,(H,28,30)(H,32,33)/t18-/m0/s1. The summed E-state index contributed by atoms with van der Waals surface area (Å²) in [5.74, 6) is -0.295. The molecular weight excluding hydrogens is 511 g/mol. The molecule has 0 saturated carbocycles. The van der Waals surface area contributed by atoms with Crippen LogP contribution in [0.3, 0.4) is 0 Å². The third-order valence-electron chi connectivity index (χ3n) is 6.23. The van der Waals surface area contributed by atoms with Crippen molar-refractivity contribution in [2.45, 2.75) is 37.9 Å². The van der Waals surface area contributed by atoms with E-state index in [9.17, 15) is 14.7 Å². The van der Waals surface area contributed by atoms with Crippen LogP contribution < -0.4 is 19.5 Å². The maximum atomic E-state index is 11.6. The van der Waals surface area contributed by atoms with E-state index in [1.165, 1.54) is 19.1 Å². The first-order valence-electron chi connectivity index (χ1n) is 11.6. The number of hydrogen-bond donors (Lipinski definition) is 3. The number of hydrogen-bond acceptors (Lipinski definition) is 7. The normalized spacial score (nSPS) is 17.2. The molecule has 2 aromatic carbocycles. The molecule has 9 nitrogen and oxygen atoms in total. The van der Waals surface area contributed by atoms with E-state index >= 15 is 0 Å². The summed E-state index contributed by atoms with van der Waals surface area (Å²) in [6, 6.07) is 8.53. The number of benzene rings is 2. The van der Waals surface area contributed by atoms with Gasteiger partial charge in [-0.25, -0.2) is 4.79 Å². The average Bonchev–Trinajstić information content (AvgIpc) is 3.16. The van der Waals surface area contributed by atoms with Crippen LogP contribution in [0.5, 0.6) is 17.2 Å². The number of halogens is 2. The summed E-state index contributed by atoms with van der Waals surface area (Å²) in [4.78, 5) is 24.6. The van der Waals surface area contributed by atoms with Crippen molar-refractivity contribution in [2.75, 3.05) is 38.2 Å². The van der Waals surface area contributed by atoms with Crippen LogP contribution in [-0.2, 0) is 16.0 Å². The van der Waals surface area contributed by atoms with Crippen LogP contribution >= 0.6 is 23.2 Å². The number of carboxylic acid groups (broad SMARTS) is 1. The number of aliphatic carboxylic acids is 1. The fraction of sp³-hybridized carbons (Fsp3) is 0.440. The van der Waals surface area contributed by atoms with Crippen molar-refractivity contribution in [2.24, 2.45) is 0 Å². The number of aliphatic hydroxyl groups is 1. The highest BCUT2D eigenvalue weighted by atomic mass is 35.5. The second-order valence-electron chi connectivity index (χ2n) is 9.12. The predicted octanol–water partition coefficient (Wildman–Crippen LogP) is 3.62. The second kappa shape index (κ2) is 11.1. The molecule has 1 spiro atoms. The molecule has 1 amide bonds. The Hall–Kier alpha value is -2.72. The van der Waals surface area contributed by atoms with Crippen LogP contribution in [0.2, 0.25) is 10.0 Å². The van der Waals surface area contributed by atoms with Gasteiger partial charge in [-0.3, -0.25) is 4.79 Å². The van der Waals surface area contributed by atoms with Crippen LogP contribution in [0, 0.1) is 0 Å². The molecule has 1 fully saturated rings. The fourth-order valence-corrected chi connectivity index (χ4v) is 4.97. The maximum absolute atomic E-state index is 11.6. The van der Waals surface area contributed by atoms with Gasteiger partial charge in [-0.2, -0.15) is 0 Å². The summed E-state index contributed by atoms with van der Waals surface area (Å²) in [7, 11) is 0. The lowest BCUT2D eigenvalue weighted by molar-refractivity contribution is -0.139. The number of nitrogens with one attached hydrogen (secondary N) is 1. The van der Waals surface area contributed by atoms with Crippen LogP contribution in [0.1, 0.15) is 25.3 Å². The Morgan fingerprint density at radius 1 is 1.17 bits per heavy atom. The Morgan fingerprint density at radius 3 is 2.61 bits per heavy atom. The number of amides is 1. The summed E-state index contributed by atoms with van der Waals surface area (Å²) >= 11 is 12.3. The monoisotopic (exact) mass is 538 g/mol. The van der Waals surface area contributed by atoms with E-state index in [4.69, 9.17) is 42.5 Å². The predicted molar refractivity (Wildman–Crippen MR) is 135 cm³/mol. The molecule has 0 bridgehead atoms. The van der Waals surface area contributed by atoms with Gasteiger partial charge in [0.2, 0.25) is 5.91 Å². The molecule has 0 unspecified atom stereocenters. The Bertz CT molecular complexity index is 1140. The molecule has 11 heteroatoms. The van der Waals surface area contributed by atoms with E-state index in [1.54, 1.807) is 0 Å². The molecule has 2 heterocycles. The highest BCUT2D eigenvalue weighted by Crippen LogP contribution is 2.42. The number of carbonyl (C=O) groups is 2. The van der Waals surface area contributed by atoms with Gasteiger partial charge in [-0.15, -0.1) is 0 Å². The van der Waals surface area contributed by atoms with Gasteiger partial charge >= 0.3 is 5.97 Å².